The molecule has 3 amide bonds. The van der Waals surface area contributed by atoms with E-state index in [1.165, 1.54) is 25.1 Å². The minimum atomic E-state index is -0.742. The lowest BCUT2D eigenvalue weighted by atomic mass is 10.0. The Morgan fingerprint density at radius 3 is 2.75 bits per heavy atom. The van der Waals surface area contributed by atoms with Gasteiger partial charge in [0.25, 0.3) is 11.6 Å². The number of nitro benzene ring substituents is 1. The average Bonchev–Trinajstić information content (AvgIpc) is 2.54. The van der Waals surface area contributed by atoms with Crippen LogP contribution in [0.5, 0.6) is 0 Å². The number of ether oxygens (including phenoxy) is 1. The van der Waals surface area contributed by atoms with Gasteiger partial charge in [0.15, 0.2) is 5.70 Å². The Hall–Kier alpha value is -2.27. The van der Waals surface area contributed by atoms with Crippen molar-refractivity contribution < 1.29 is 28.2 Å². The highest BCUT2D eigenvalue weighted by Gasteiger charge is 2.47. The van der Waals surface area contributed by atoms with Gasteiger partial charge >= 0.3 is 6.03 Å². The normalized spacial score (nSPS) is 21.0. The molecule has 0 saturated carbocycles. The number of nitrogens with zero attached hydrogens (tertiary/aromatic N) is 2. The number of carbonyl (C=O) groups excluding carboxylic acids is 2. The molecular formula is C14H16N3O6S+. The largest absolute Gasteiger partial charge is 0.442 e. The Labute approximate surface area is 142 Å². The molecule has 0 bridgehead atoms. The molecule has 9 nitrogen and oxygen atoms in total. The van der Waals surface area contributed by atoms with Gasteiger partial charge in [-0.15, -0.1) is 3.89 Å². The number of non-ortho nitro benzene ring substituents is 1. The summed E-state index contributed by atoms with van der Waals surface area (Å²) in [6, 6.07) is 4.83. The van der Waals surface area contributed by atoms with Crippen molar-refractivity contribution in [3.05, 3.63) is 45.5 Å². The van der Waals surface area contributed by atoms with Crippen molar-refractivity contribution in [2.75, 3.05) is 19.9 Å². The highest BCUT2D eigenvalue weighted by atomic mass is 32.1. The van der Waals surface area contributed by atoms with Crippen LogP contribution < -0.4 is 5.32 Å². The maximum absolute atomic E-state index is 12.3. The lowest BCUT2D eigenvalue weighted by molar-refractivity contribution is -0.658. The highest BCUT2D eigenvalue weighted by Crippen LogP contribution is 2.37. The number of quaternary nitrogens is 1. The third-order valence-electron chi connectivity index (χ3n) is 3.47. The summed E-state index contributed by atoms with van der Waals surface area (Å²) in [5, 5.41) is 22.0. The van der Waals surface area contributed by atoms with Crippen molar-refractivity contribution in [2.24, 2.45) is 0 Å². The van der Waals surface area contributed by atoms with E-state index in [4.69, 9.17) is 9.84 Å². The number of nitrogens with one attached hydrogen (secondary N) is 1. The highest BCUT2D eigenvalue weighted by molar-refractivity contribution is 7.74. The number of aliphatic hydroxyl groups excluding tert-OH is 1. The van der Waals surface area contributed by atoms with Gasteiger partial charge in [-0.1, -0.05) is 6.07 Å². The monoisotopic (exact) mass is 354 g/mol. The van der Waals surface area contributed by atoms with Gasteiger partial charge in [-0.2, -0.15) is 0 Å². The third kappa shape index (κ3) is 3.31. The van der Waals surface area contributed by atoms with Gasteiger partial charge in [-0.25, -0.2) is 10.1 Å². The van der Waals surface area contributed by atoms with Crippen LogP contribution in [-0.4, -0.2) is 45.8 Å². The Bertz CT molecular complexity index is 735. The second-order valence-electron chi connectivity index (χ2n) is 5.07. The van der Waals surface area contributed by atoms with E-state index in [2.05, 4.69) is 18.1 Å². The molecule has 0 fully saturated rings. The summed E-state index contributed by atoms with van der Waals surface area (Å²) in [6.45, 7) is 0.954. The second-order valence-corrected chi connectivity index (χ2v) is 5.75. The fourth-order valence-electron chi connectivity index (χ4n) is 2.35. The zero-order valence-electron chi connectivity index (χ0n) is 12.8. The summed E-state index contributed by atoms with van der Waals surface area (Å²) in [7, 11) is 0. The van der Waals surface area contributed by atoms with Crippen molar-refractivity contribution in [1.29, 1.82) is 0 Å². The van der Waals surface area contributed by atoms with Gasteiger partial charge < -0.3 is 9.84 Å². The predicted octanol–water partition coefficient (Wildman–Crippen LogP) is 1.20. The maximum atomic E-state index is 12.3. The van der Waals surface area contributed by atoms with E-state index in [0.29, 0.717) is 5.56 Å². The first kappa shape index (κ1) is 18.1. The minimum absolute atomic E-state index is 0.0248. The number of benzene rings is 1. The molecule has 0 spiro atoms. The van der Waals surface area contributed by atoms with Crippen molar-refractivity contribution in [2.45, 2.75) is 6.92 Å². The van der Waals surface area contributed by atoms with Crippen molar-refractivity contribution in [3.8, 4) is 0 Å². The first-order chi connectivity index (χ1) is 11.3. The molecule has 0 aromatic heterocycles. The van der Waals surface area contributed by atoms with Gasteiger partial charge in [0.05, 0.1) is 36.5 Å². The van der Waals surface area contributed by atoms with E-state index in [9.17, 15) is 19.7 Å². The van der Waals surface area contributed by atoms with E-state index < -0.39 is 20.7 Å². The number of aliphatic hydroxyl groups is 1. The van der Waals surface area contributed by atoms with E-state index in [1.807, 2.05) is 0 Å². The quantitative estimate of drug-likeness (QED) is 0.232. The van der Waals surface area contributed by atoms with Crippen molar-refractivity contribution >= 4 is 36.1 Å². The Balaban J connectivity index is 2.57. The summed E-state index contributed by atoms with van der Waals surface area (Å²) in [5.41, 5.74) is 0.515. The molecule has 1 aliphatic rings. The molecule has 1 aromatic rings. The van der Waals surface area contributed by atoms with E-state index >= 15 is 0 Å². The molecule has 0 saturated heterocycles. The smallest absolute Gasteiger partial charge is 0.394 e. The minimum Gasteiger partial charge on any atom is -0.394 e. The van der Waals surface area contributed by atoms with E-state index in [0.717, 1.165) is 0 Å². The number of imide groups is 1. The lowest BCUT2D eigenvalue weighted by Crippen LogP contribution is -2.56. The molecule has 1 heterocycles. The summed E-state index contributed by atoms with van der Waals surface area (Å²) in [4.78, 5) is 34.7. The van der Waals surface area contributed by atoms with Gasteiger partial charge in [0.2, 0.25) is 6.73 Å². The Kier molecular flexibility index (Phi) is 5.34. The number of hydrogen-bond acceptors (Lipinski definition) is 7. The summed E-state index contributed by atoms with van der Waals surface area (Å²) in [6.07, 6.45) is 0. The Morgan fingerprint density at radius 2 is 2.12 bits per heavy atom. The maximum Gasteiger partial charge on any atom is 0.442 e. The number of nitro groups is 1. The zero-order chi connectivity index (χ0) is 17.9. The number of amides is 3. The van der Waals surface area contributed by atoms with Crippen LogP contribution in [0.3, 0.4) is 0 Å². The molecule has 2 rings (SSSR count). The van der Waals surface area contributed by atoms with E-state index in [-0.39, 0.29) is 36.9 Å². The van der Waals surface area contributed by atoms with E-state index in [1.54, 1.807) is 6.07 Å². The summed E-state index contributed by atoms with van der Waals surface area (Å²) < 4.78 is 4.49. The molecule has 1 atom stereocenters. The summed E-state index contributed by atoms with van der Waals surface area (Å²) in [5.74, 6) is -0.605. The molecule has 128 valence electrons. The zero-order valence-corrected chi connectivity index (χ0v) is 13.7. The molecule has 2 N–H and O–H groups in total. The standard InChI is InChI=1S/C14H15N3O6S/c1-9-12(10-3-2-4-11(7-10)16(21)22)17(24,8-23-6-5-18)14(20)15-13(9)19/h2-4,7,18,24H,5-6,8H2,1H3/p+1. The third-order valence-corrected chi connectivity index (χ3v) is 3.96. The van der Waals surface area contributed by atoms with Crippen molar-refractivity contribution in [1.82, 2.24) is 5.32 Å². The number of carbonyl (C=O) groups is 2. The van der Waals surface area contributed by atoms with Crippen LogP contribution in [0.2, 0.25) is 0 Å². The van der Waals surface area contributed by atoms with Gasteiger partial charge in [-0.05, 0) is 13.0 Å². The molecule has 0 aliphatic carbocycles. The van der Waals surface area contributed by atoms with Crippen LogP contribution in [-0.2, 0) is 9.53 Å². The SMILES string of the molecule is CC1=C(c2cccc([N+](=O)[O-])c2)[N+](S)(COCCO)C(=O)NC1=O. The van der Waals surface area contributed by atoms with Crippen LogP contribution in [0, 0.1) is 10.1 Å². The number of thiol groups is 1. The van der Waals surface area contributed by atoms with Crippen LogP contribution in [0.25, 0.3) is 5.70 Å². The van der Waals surface area contributed by atoms with Crippen LogP contribution >= 0.6 is 12.8 Å². The average molecular weight is 354 g/mol. The second kappa shape index (κ2) is 7.09. The molecule has 1 unspecified atom stereocenters. The fraction of sp³-hybridized carbons (Fsp3) is 0.286. The van der Waals surface area contributed by atoms with Gasteiger partial charge in [0.1, 0.15) is 0 Å². The fourth-order valence-corrected chi connectivity index (χ4v) is 2.75. The first-order valence-electron chi connectivity index (χ1n) is 6.93. The molecule has 0 radical (unpaired) electrons. The van der Waals surface area contributed by atoms with Crippen molar-refractivity contribution in [3.63, 3.8) is 0 Å². The molecule has 10 heteroatoms. The molecule has 1 aliphatic heterocycles. The Morgan fingerprint density at radius 1 is 1.42 bits per heavy atom. The van der Waals surface area contributed by atoms with Crippen LogP contribution in [0.4, 0.5) is 10.5 Å². The number of rotatable bonds is 6. The topological polar surface area (TPSA) is 119 Å². The predicted molar refractivity (Wildman–Crippen MR) is 86.4 cm³/mol. The number of hydrogen-bond donors (Lipinski definition) is 3. The molecule has 1 aromatic carbocycles. The first-order valence-corrected chi connectivity index (χ1v) is 7.33. The van der Waals surface area contributed by atoms with Gasteiger partial charge in [0, 0.05) is 17.7 Å². The van der Waals surface area contributed by atoms with Gasteiger partial charge in [-0.3, -0.25) is 14.9 Å². The van der Waals surface area contributed by atoms with Crippen LogP contribution in [0.15, 0.2) is 29.8 Å². The molecule has 24 heavy (non-hydrogen) atoms. The lowest BCUT2D eigenvalue weighted by Gasteiger charge is -2.33. The van der Waals surface area contributed by atoms with Crippen LogP contribution in [0.1, 0.15) is 12.5 Å². The summed E-state index contributed by atoms with van der Waals surface area (Å²) >= 11 is 4.35. The number of urea groups is 1. The molecular weight excluding hydrogens is 338 g/mol.